The molecule has 1 aliphatic rings. The topological polar surface area (TPSA) is 43.8 Å². The van der Waals surface area contributed by atoms with E-state index >= 15 is 0 Å². The van der Waals surface area contributed by atoms with E-state index < -0.39 is 0 Å². The minimum Gasteiger partial charge on any atom is -0.314 e. The second-order valence-corrected chi connectivity index (χ2v) is 3.27. The standard InChI is InChI=1S/C9H16N2O2/c1-9(12)3-2-4-10-5-7-11(13)8-6-10/h2-3,13H,4-8H2,1H3/b3-2+. The molecule has 1 N–H and O–H groups in total. The molecule has 0 unspecified atom stereocenters. The van der Waals surface area contributed by atoms with Crippen LogP contribution in [0.5, 0.6) is 0 Å². The van der Waals surface area contributed by atoms with Crippen LogP contribution in [0, 0.1) is 0 Å². The summed E-state index contributed by atoms with van der Waals surface area (Å²) < 4.78 is 0. The van der Waals surface area contributed by atoms with Crippen LogP contribution in [0.25, 0.3) is 0 Å². The third kappa shape index (κ3) is 4.17. The molecule has 4 nitrogen and oxygen atoms in total. The quantitative estimate of drug-likeness (QED) is 0.634. The van der Waals surface area contributed by atoms with Gasteiger partial charge >= 0.3 is 0 Å². The van der Waals surface area contributed by atoms with E-state index in [1.165, 1.54) is 5.06 Å². The zero-order valence-electron chi connectivity index (χ0n) is 7.94. The lowest BCUT2D eigenvalue weighted by molar-refractivity contribution is -0.116. The molecule has 0 atom stereocenters. The molecule has 0 aromatic rings. The van der Waals surface area contributed by atoms with Crippen LogP contribution in [0.1, 0.15) is 6.92 Å². The first-order chi connectivity index (χ1) is 6.18. The summed E-state index contributed by atoms with van der Waals surface area (Å²) in [5, 5.41) is 10.4. The van der Waals surface area contributed by atoms with Crippen molar-refractivity contribution < 1.29 is 10.0 Å². The Balaban J connectivity index is 2.19. The van der Waals surface area contributed by atoms with Crippen molar-refractivity contribution in [3.63, 3.8) is 0 Å². The highest BCUT2D eigenvalue weighted by molar-refractivity contribution is 5.87. The van der Waals surface area contributed by atoms with Gasteiger partial charge in [-0.3, -0.25) is 9.69 Å². The number of piperazine rings is 1. The van der Waals surface area contributed by atoms with Crippen LogP contribution in [0.2, 0.25) is 0 Å². The maximum Gasteiger partial charge on any atom is 0.152 e. The van der Waals surface area contributed by atoms with Crippen molar-refractivity contribution in [2.75, 3.05) is 32.7 Å². The number of hydrogen-bond donors (Lipinski definition) is 1. The Morgan fingerprint density at radius 3 is 2.54 bits per heavy atom. The van der Waals surface area contributed by atoms with Crippen molar-refractivity contribution in [2.24, 2.45) is 0 Å². The molecule has 1 heterocycles. The second kappa shape index (κ2) is 5.11. The molecule has 0 bridgehead atoms. The highest BCUT2D eigenvalue weighted by Crippen LogP contribution is 1.98. The van der Waals surface area contributed by atoms with E-state index in [1.807, 2.05) is 6.08 Å². The third-order valence-electron chi connectivity index (χ3n) is 2.06. The fourth-order valence-electron chi connectivity index (χ4n) is 1.29. The van der Waals surface area contributed by atoms with Gasteiger partial charge < -0.3 is 5.21 Å². The lowest BCUT2D eigenvalue weighted by atomic mass is 10.3. The summed E-state index contributed by atoms with van der Waals surface area (Å²) in [6.07, 6.45) is 3.46. The van der Waals surface area contributed by atoms with Gasteiger partial charge in [0.25, 0.3) is 0 Å². The summed E-state index contributed by atoms with van der Waals surface area (Å²) in [6, 6.07) is 0. The van der Waals surface area contributed by atoms with Gasteiger partial charge in [0.1, 0.15) is 0 Å². The van der Waals surface area contributed by atoms with Crippen molar-refractivity contribution in [1.82, 2.24) is 9.96 Å². The number of hydroxylamine groups is 2. The van der Waals surface area contributed by atoms with Gasteiger partial charge in [-0.1, -0.05) is 6.08 Å². The Hall–Kier alpha value is -0.710. The van der Waals surface area contributed by atoms with E-state index in [0.29, 0.717) is 13.1 Å². The second-order valence-electron chi connectivity index (χ2n) is 3.27. The smallest absolute Gasteiger partial charge is 0.152 e. The lowest BCUT2D eigenvalue weighted by Gasteiger charge is -2.29. The van der Waals surface area contributed by atoms with Gasteiger partial charge in [-0.15, -0.1) is 0 Å². The van der Waals surface area contributed by atoms with Crippen LogP contribution in [-0.2, 0) is 4.79 Å². The van der Waals surface area contributed by atoms with E-state index in [-0.39, 0.29) is 5.78 Å². The molecule has 1 aliphatic heterocycles. The average Bonchev–Trinajstić information content (AvgIpc) is 2.08. The number of allylic oxidation sites excluding steroid dienone is 1. The number of ketones is 1. The molecule has 4 heteroatoms. The minimum absolute atomic E-state index is 0.0841. The zero-order valence-corrected chi connectivity index (χ0v) is 7.94. The number of carbonyl (C=O) groups excluding carboxylic acids is 1. The van der Waals surface area contributed by atoms with Crippen LogP contribution in [-0.4, -0.2) is 53.7 Å². The maximum absolute atomic E-state index is 10.6. The number of nitrogens with zero attached hydrogens (tertiary/aromatic N) is 2. The van der Waals surface area contributed by atoms with E-state index in [0.717, 1.165) is 19.6 Å². The monoisotopic (exact) mass is 184 g/mol. The minimum atomic E-state index is 0.0841. The molecule has 0 aromatic heterocycles. The van der Waals surface area contributed by atoms with Gasteiger partial charge in [-0.05, 0) is 13.0 Å². The van der Waals surface area contributed by atoms with E-state index in [9.17, 15) is 4.79 Å². The number of rotatable bonds is 3. The van der Waals surface area contributed by atoms with Crippen LogP contribution in [0.4, 0.5) is 0 Å². The van der Waals surface area contributed by atoms with E-state index in [4.69, 9.17) is 5.21 Å². The summed E-state index contributed by atoms with van der Waals surface area (Å²) in [5.41, 5.74) is 0. The molecule has 0 amide bonds. The number of carbonyl (C=O) groups is 1. The van der Waals surface area contributed by atoms with Gasteiger partial charge in [-0.25, -0.2) is 0 Å². The molecule has 1 rings (SSSR count). The van der Waals surface area contributed by atoms with Crippen molar-refractivity contribution in [1.29, 1.82) is 0 Å². The third-order valence-corrected chi connectivity index (χ3v) is 2.06. The molecular weight excluding hydrogens is 168 g/mol. The molecule has 0 aliphatic carbocycles. The Kier molecular flexibility index (Phi) is 4.08. The van der Waals surface area contributed by atoms with Crippen LogP contribution < -0.4 is 0 Å². The van der Waals surface area contributed by atoms with Gasteiger partial charge in [0.05, 0.1) is 0 Å². The normalized spacial score (nSPS) is 21.1. The highest BCUT2D eigenvalue weighted by atomic mass is 16.5. The fraction of sp³-hybridized carbons (Fsp3) is 0.667. The Bertz CT molecular complexity index is 196. The van der Waals surface area contributed by atoms with E-state index in [2.05, 4.69) is 4.90 Å². The summed E-state index contributed by atoms with van der Waals surface area (Å²) in [4.78, 5) is 12.8. The van der Waals surface area contributed by atoms with Crippen LogP contribution in [0.15, 0.2) is 12.2 Å². The highest BCUT2D eigenvalue weighted by Gasteiger charge is 2.12. The maximum atomic E-state index is 10.6. The lowest BCUT2D eigenvalue weighted by Crippen LogP contribution is -2.44. The van der Waals surface area contributed by atoms with Gasteiger partial charge in [-0.2, -0.15) is 5.06 Å². The summed E-state index contributed by atoms with van der Waals surface area (Å²) in [7, 11) is 0. The van der Waals surface area contributed by atoms with Gasteiger partial charge in [0.15, 0.2) is 5.78 Å². The Morgan fingerprint density at radius 1 is 1.38 bits per heavy atom. The Labute approximate surface area is 78.4 Å². The predicted octanol–water partition coefficient (Wildman–Crippen LogP) is 0.138. The molecule has 74 valence electrons. The van der Waals surface area contributed by atoms with Gasteiger partial charge in [0, 0.05) is 32.7 Å². The summed E-state index contributed by atoms with van der Waals surface area (Å²) in [6.45, 7) is 5.44. The molecule has 13 heavy (non-hydrogen) atoms. The van der Waals surface area contributed by atoms with E-state index in [1.54, 1.807) is 13.0 Å². The summed E-state index contributed by atoms with van der Waals surface area (Å²) in [5.74, 6) is 0.0841. The first kappa shape index (κ1) is 10.4. The van der Waals surface area contributed by atoms with Crippen molar-refractivity contribution in [3.8, 4) is 0 Å². The molecule has 1 saturated heterocycles. The molecule has 0 saturated carbocycles. The predicted molar refractivity (Wildman–Crippen MR) is 49.6 cm³/mol. The van der Waals surface area contributed by atoms with Crippen LogP contribution in [0.3, 0.4) is 0 Å². The molecule has 0 aromatic carbocycles. The molecule has 0 spiro atoms. The van der Waals surface area contributed by atoms with Crippen LogP contribution >= 0.6 is 0 Å². The molecular formula is C9H16N2O2. The molecule has 1 fully saturated rings. The van der Waals surface area contributed by atoms with Crippen molar-refractivity contribution in [2.45, 2.75) is 6.92 Å². The summed E-state index contributed by atoms with van der Waals surface area (Å²) >= 11 is 0. The largest absolute Gasteiger partial charge is 0.314 e. The Morgan fingerprint density at radius 2 is 2.00 bits per heavy atom. The SMILES string of the molecule is CC(=O)/C=C/CN1CCN(O)CC1. The zero-order chi connectivity index (χ0) is 9.68. The average molecular weight is 184 g/mol. The fourth-order valence-corrected chi connectivity index (χ4v) is 1.29. The first-order valence-electron chi connectivity index (χ1n) is 4.52. The van der Waals surface area contributed by atoms with Crippen molar-refractivity contribution >= 4 is 5.78 Å². The van der Waals surface area contributed by atoms with Crippen molar-refractivity contribution in [3.05, 3.63) is 12.2 Å². The molecule has 0 radical (unpaired) electrons. The number of hydrogen-bond acceptors (Lipinski definition) is 4. The van der Waals surface area contributed by atoms with Gasteiger partial charge in [0.2, 0.25) is 0 Å². The first-order valence-corrected chi connectivity index (χ1v) is 4.52.